The van der Waals surface area contributed by atoms with Crippen molar-refractivity contribution in [1.82, 2.24) is 0 Å². The first-order valence-corrected chi connectivity index (χ1v) is 8.81. The molecule has 0 spiro atoms. The molecule has 1 unspecified atom stereocenters. The Morgan fingerprint density at radius 1 is 1.13 bits per heavy atom. The van der Waals surface area contributed by atoms with Crippen molar-refractivity contribution in [3.8, 4) is 0 Å². The highest BCUT2D eigenvalue weighted by Crippen LogP contribution is 2.37. The molecule has 1 atom stereocenters. The van der Waals surface area contributed by atoms with Gasteiger partial charge in [-0.3, -0.25) is 0 Å². The van der Waals surface area contributed by atoms with Gasteiger partial charge in [-0.05, 0) is 31.9 Å². The van der Waals surface area contributed by atoms with Gasteiger partial charge in [0.15, 0.2) is 0 Å². The largest absolute Gasteiger partial charge is 0.268 e. The molecule has 80 valence electrons. The van der Waals surface area contributed by atoms with Crippen LogP contribution < -0.4 is 0 Å². The van der Waals surface area contributed by atoms with Crippen LogP contribution in [-0.2, 0) is 0 Å². The molecule has 0 bridgehead atoms. The SMILES string of the molecule is Cc1cc(C)c([CH]2CC[CH2][Al]2[CH3])c(C)c1. The van der Waals surface area contributed by atoms with Crippen LogP contribution in [0.5, 0.6) is 0 Å². The molecule has 0 radical (unpaired) electrons. The Bertz CT molecular complexity index is 345. The van der Waals surface area contributed by atoms with E-state index in [0.717, 1.165) is 4.78 Å². The van der Waals surface area contributed by atoms with Crippen LogP contribution in [0.15, 0.2) is 12.1 Å². The van der Waals surface area contributed by atoms with E-state index < -0.39 is 14.1 Å². The van der Waals surface area contributed by atoms with Crippen molar-refractivity contribution in [2.24, 2.45) is 0 Å². The number of hydrogen-bond acceptors (Lipinski definition) is 0. The van der Waals surface area contributed by atoms with Crippen LogP contribution in [0.25, 0.3) is 0 Å². The van der Waals surface area contributed by atoms with E-state index >= 15 is 0 Å². The van der Waals surface area contributed by atoms with Gasteiger partial charge in [0.05, 0.1) is 0 Å². The molecule has 0 nitrogen and oxygen atoms in total. The summed E-state index contributed by atoms with van der Waals surface area (Å²) < 4.78 is 0.964. The lowest BCUT2D eigenvalue weighted by Gasteiger charge is -2.19. The summed E-state index contributed by atoms with van der Waals surface area (Å²) in [4.78, 5) is 0. The molecule has 1 heteroatoms. The molecular formula is C14H21Al. The highest BCUT2D eigenvalue weighted by Gasteiger charge is 2.31. The van der Waals surface area contributed by atoms with Crippen LogP contribution in [0.3, 0.4) is 0 Å². The molecule has 1 saturated heterocycles. The maximum Gasteiger partial charge on any atom is 0.268 e. The standard InChI is InChI=1S/C13H18.CH3.Al/c1-5-6-7-13-11(3)8-10(2)9-12(13)4;;/h7-9H,1,5-6H2,2-4H3;1H3;. The Morgan fingerprint density at radius 2 is 1.73 bits per heavy atom. The molecule has 1 fully saturated rings. The lowest BCUT2D eigenvalue weighted by atomic mass is 9.95. The first kappa shape index (κ1) is 11.2. The molecule has 0 aliphatic carbocycles. The van der Waals surface area contributed by atoms with Crippen molar-refractivity contribution in [3.63, 3.8) is 0 Å². The van der Waals surface area contributed by atoms with Gasteiger partial charge in [-0.1, -0.05) is 46.2 Å². The summed E-state index contributed by atoms with van der Waals surface area (Å²) in [5.74, 6) is 2.55. The molecule has 0 amide bonds. The minimum Gasteiger partial charge on any atom is -0.105 e. The van der Waals surface area contributed by atoms with Gasteiger partial charge in [0.25, 0.3) is 14.1 Å². The van der Waals surface area contributed by atoms with E-state index in [1.54, 1.807) is 22.0 Å². The Hall–Kier alpha value is -0.248. The summed E-state index contributed by atoms with van der Waals surface area (Å²) in [5, 5.41) is 1.55. The predicted molar refractivity (Wildman–Crippen MR) is 69.1 cm³/mol. The van der Waals surface area contributed by atoms with Crippen LogP contribution in [0.1, 0.15) is 39.9 Å². The zero-order valence-corrected chi connectivity index (χ0v) is 11.6. The van der Waals surface area contributed by atoms with Gasteiger partial charge in [0, 0.05) is 0 Å². The number of hydrogen-bond donors (Lipinski definition) is 0. The third-order valence-corrected chi connectivity index (χ3v) is 7.33. The molecular weight excluding hydrogens is 195 g/mol. The van der Waals surface area contributed by atoms with Crippen LogP contribution >= 0.6 is 0 Å². The quantitative estimate of drug-likeness (QED) is 0.618. The summed E-state index contributed by atoms with van der Waals surface area (Å²) in [6, 6.07) is 4.73. The molecule has 1 aromatic rings. The molecule has 0 saturated carbocycles. The average Bonchev–Trinajstić information content (AvgIpc) is 2.50. The Morgan fingerprint density at radius 3 is 2.20 bits per heavy atom. The van der Waals surface area contributed by atoms with Crippen LogP contribution in [0.4, 0.5) is 0 Å². The lowest BCUT2D eigenvalue weighted by molar-refractivity contribution is 0.809. The summed E-state index contributed by atoms with van der Waals surface area (Å²) in [5.41, 5.74) is 6.20. The van der Waals surface area contributed by atoms with Crippen LogP contribution in [-0.4, -0.2) is 14.1 Å². The fourth-order valence-corrected chi connectivity index (χ4v) is 6.53. The van der Waals surface area contributed by atoms with Crippen molar-refractivity contribution < 1.29 is 0 Å². The topological polar surface area (TPSA) is 0 Å². The molecule has 1 aliphatic rings. The highest BCUT2D eigenvalue weighted by molar-refractivity contribution is 6.59. The molecule has 1 aliphatic heterocycles. The van der Waals surface area contributed by atoms with Crippen molar-refractivity contribution in [3.05, 3.63) is 34.4 Å². The predicted octanol–water partition coefficient (Wildman–Crippen LogP) is 4.15. The highest BCUT2D eigenvalue weighted by atomic mass is 27.2. The Balaban J connectivity index is 2.43. The van der Waals surface area contributed by atoms with Gasteiger partial charge in [-0.25, -0.2) is 0 Å². The van der Waals surface area contributed by atoms with E-state index in [-0.39, 0.29) is 0 Å². The van der Waals surface area contributed by atoms with Gasteiger partial charge in [-0.15, -0.1) is 5.79 Å². The number of aryl methyl sites for hydroxylation is 3. The first-order chi connectivity index (χ1) is 7.09. The third kappa shape index (κ3) is 2.15. The van der Waals surface area contributed by atoms with Gasteiger partial charge >= 0.3 is 0 Å². The molecule has 0 aromatic heterocycles. The summed E-state index contributed by atoms with van der Waals surface area (Å²) in [6.07, 6.45) is 2.93. The van der Waals surface area contributed by atoms with Crippen LogP contribution in [0.2, 0.25) is 11.1 Å². The lowest BCUT2D eigenvalue weighted by Crippen LogP contribution is -2.15. The smallest absolute Gasteiger partial charge is 0.105 e. The fraction of sp³-hybridized carbons (Fsp3) is 0.571. The minimum absolute atomic E-state index is 0.463. The normalized spacial score (nSPS) is 21.1. The molecule has 1 aromatic carbocycles. The second-order valence-electron chi connectivity index (χ2n) is 5.33. The second kappa shape index (κ2) is 4.32. The molecule has 0 N–H and O–H groups in total. The van der Waals surface area contributed by atoms with E-state index in [4.69, 9.17) is 0 Å². The zero-order valence-electron chi connectivity index (χ0n) is 10.4. The maximum atomic E-state index is 2.55. The van der Waals surface area contributed by atoms with Gasteiger partial charge < -0.3 is 0 Å². The van der Waals surface area contributed by atoms with E-state index in [2.05, 4.69) is 38.7 Å². The van der Waals surface area contributed by atoms with Crippen molar-refractivity contribution in [2.45, 2.75) is 49.5 Å². The van der Waals surface area contributed by atoms with Crippen molar-refractivity contribution in [1.29, 1.82) is 0 Å². The third-order valence-electron chi connectivity index (χ3n) is 3.97. The number of rotatable bonds is 1. The summed E-state index contributed by atoms with van der Waals surface area (Å²) >= 11 is -0.463. The summed E-state index contributed by atoms with van der Waals surface area (Å²) in [6.45, 7) is 6.81. The Kier molecular flexibility index (Phi) is 3.24. The molecule has 2 rings (SSSR count). The van der Waals surface area contributed by atoms with Gasteiger partial charge in [0.1, 0.15) is 0 Å². The van der Waals surface area contributed by atoms with E-state index in [1.807, 2.05) is 0 Å². The molecule has 1 heterocycles. The first-order valence-electron chi connectivity index (χ1n) is 6.17. The van der Waals surface area contributed by atoms with Gasteiger partial charge in [-0.2, -0.15) is 0 Å². The van der Waals surface area contributed by atoms with E-state index in [0.29, 0.717) is 0 Å². The molecule has 15 heavy (non-hydrogen) atoms. The monoisotopic (exact) mass is 216 g/mol. The average molecular weight is 216 g/mol. The second-order valence-corrected chi connectivity index (χ2v) is 8.66. The van der Waals surface area contributed by atoms with E-state index in [1.165, 1.54) is 18.4 Å². The minimum atomic E-state index is -0.463. The Labute approximate surface area is 98.1 Å². The summed E-state index contributed by atoms with van der Waals surface area (Å²) in [7, 11) is 0. The van der Waals surface area contributed by atoms with Crippen LogP contribution in [0, 0.1) is 20.8 Å². The van der Waals surface area contributed by atoms with Crippen molar-refractivity contribution >= 4 is 14.1 Å². The number of benzene rings is 1. The zero-order chi connectivity index (χ0) is 11.0. The van der Waals surface area contributed by atoms with E-state index in [9.17, 15) is 0 Å². The fourth-order valence-electron chi connectivity index (χ4n) is 3.35. The maximum absolute atomic E-state index is 2.55. The van der Waals surface area contributed by atoms with Crippen molar-refractivity contribution in [2.75, 3.05) is 0 Å². The van der Waals surface area contributed by atoms with Gasteiger partial charge in [0.2, 0.25) is 0 Å².